The number of ether oxygens (including phenoxy) is 3. The molecular formula is C21H21N3O7. The van der Waals surface area contributed by atoms with Crippen molar-refractivity contribution in [1.29, 1.82) is 0 Å². The van der Waals surface area contributed by atoms with E-state index in [0.717, 1.165) is 4.57 Å². The molecule has 0 radical (unpaired) electrons. The van der Waals surface area contributed by atoms with Gasteiger partial charge in [-0.05, 0) is 18.2 Å². The highest BCUT2D eigenvalue weighted by molar-refractivity contribution is 6.09. The second kappa shape index (κ2) is 8.34. The minimum absolute atomic E-state index is 0.0626. The summed E-state index contributed by atoms with van der Waals surface area (Å²) in [6.07, 6.45) is 0. The molecule has 0 aliphatic heterocycles. The van der Waals surface area contributed by atoms with Gasteiger partial charge in [0, 0.05) is 31.8 Å². The van der Waals surface area contributed by atoms with E-state index in [2.05, 4.69) is 5.32 Å². The number of carbonyl (C=O) groups is 2. The Morgan fingerprint density at radius 3 is 2.16 bits per heavy atom. The second-order valence-electron chi connectivity index (χ2n) is 6.64. The van der Waals surface area contributed by atoms with E-state index in [0.29, 0.717) is 11.3 Å². The fourth-order valence-electron chi connectivity index (χ4n) is 3.19. The van der Waals surface area contributed by atoms with Crippen molar-refractivity contribution in [2.45, 2.75) is 0 Å². The summed E-state index contributed by atoms with van der Waals surface area (Å²) in [5.74, 6) is -0.669. The molecule has 0 spiro atoms. The number of anilines is 1. The molecule has 0 aliphatic rings. The number of nitrogens with zero attached hydrogens (tertiary/aromatic N) is 2. The van der Waals surface area contributed by atoms with E-state index < -0.39 is 23.1 Å². The highest BCUT2D eigenvalue weighted by Gasteiger charge is 2.20. The number of rotatable bonds is 5. The summed E-state index contributed by atoms with van der Waals surface area (Å²) in [6.45, 7) is 0. The molecule has 0 unspecified atom stereocenters. The van der Waals surface area contributed by atoms with Gasteiger partial charge in [-0.2, -0.15) is 0 Å². The Balaban J connectivity index is 2.09. The van der Waals surface area contributed by atoms with Crippen LogP contribution in [0.2, 0.25) is 0 Å². The molecule has 0 saturated carbocycles. The van der Waals surface area contributed by atoms with Crippen LogP contribution in [-0.4, -0.2) is 42.3 Å². The third-order valence-electron chi connectivity index (χ3n) is 4.91. The molecule has 0 bridgehead atoms. The fourth-order valence-corrected chi connectivity index (χ4v) is 3.19. The molecule has 2 aromatic carbocycles. The Hall–Kier alpha value is -4.08. The zero-order chi connectivity index (χ0) is 22.9. The molecule has 10 nitrogen and oxygen atoms in total. The lowest BCUT2D eigenvalue weighted by molar-refractivity contribution is 0.0601. The normalized spacial score (nSPS) is 10.6. The maximum absolute atomic E-state index is 12.9. The number of fused-ring (bicyclic) bond motifs is 1. The number of hydrogen-bond acceptors (Lipinski definition) is 7. The average molecular weight is 427 g/mol. The van der Waals surface area contributed by atoms with Crippen molar-refractivity contribution in [1.82, 2.24) is 9.13 Å². The van der Waals surface area contributed by atoms with Crippen LogP contribution in [-0.2, 0) is 18.8 Å². The van der Waals surface area contributed by atoms with Crippen molar-refractivity contribution in [3.63, 3.8) is 0 Å². The van der Waals surface area contributed by atoms with Gasteiger partial charge in [0.25, 0.3) is 11.5 Å². The van der Waals surface area contributed by atoms with Gasteiger partial charge in [0.1, 0.15) is 0 Å². The Bertz CT molecular complexity index is 1320. The first-order valence-corrected chi connectivity index (χ1v) is 9.09. The Labute approximate surface area is 176 Å². The quantitative estimate of drug-likeness (QED) is 0.610. The highest BCUT2D eigenvalue weighted by Crippen LogP contribution is 2.34. The third kappa shape index (κ3) is 3.75. The van der Waals surface area contributed by atoms with Gasteiger partial charge in [-0.15, -0.1) is 0 Å². The predicted octanol–water partition coefficient (Wildman–Crippen LogP) is 1.29. The van der Waals surface area contributed by atoms with Crippen LogP contribution in [0.25, 0.3) is 10.9 Å². The molecule has 0 fully saturated rings. The lowest BCUT2D eigenvalue weighted by Crippen LogP contribution is -2.37. The topological polar surface area (TPSA) is 118 Å². The van der Waals surface area contributed by atoms with Crippen LogP contribution in [0, 0.1) is 0 Å². The SMILES string of the molecule is COC(=O)c1cc(OC)c(OC)cc1NC(=O)c1ccc2c(c1)c(=O)n(C)c(=O)n2C. The summed E-state index contributed by atoms with van der Waals surface area (Å²) in [5, 5.41) is 2.85. The number of methoxy groups -OCH3 is 3. The number of aryl methyl sites for hydroxylation is 1. The summed E-state index contributed by atoms with van der Waals surface area (Å²) >= 11 is 0. The maximum atomic E-state index is 12.9. The van der Waals surface area contributed by atoms with E-state index in [1.807, 2.05) is 0 Å². The number of benzene rings is 2. The van der Waals surface area contributed by atoms with Crippen LogP contribution < -0.4 is 26.0 Å². The van der Waals surface area contributed by atoms with Gasteiger partial charge in [-0.25, -0.2) is 9.59 Å². The predicted molar refractivity (Wildman–Crippen MR) is 113 cm³/mol. The first-order valence-electron chi connectivity index (χ1n) is 9.09. The van der Waals surface area contributed by atoms with Crippen LogP contribution in [0.4, 0.5) is 5.69 Å². The lowest BCUT2D eigenvalue weighted by atomic mass is 10.1. The van der Waals surface area contributed by atoms with E-state index in [1.54, 1.807) is 0 Å². The molecular weight excluding hydrogens is 406 g/mol. The summed E-state index contributed by atoms with van der Waals surface area (Å²) in [7, 11) is 6.96. The summed E-state index contributed by atoms with van der Waals surface area (Å²) in [5.41, 5.74) is -0.229. The number of amides is 1. The average Bonchev–Trinajstić information content (AvgIpc) is 2.79. The van der Waals surface area contributed by atoms with Gasteiger partial charge in [-0.3, -0.25) is 18.7 Å². The molecule has 31 heavy (non-hydrogen) atoms. The van der Waals surface area contributed by atoms with E-state index in [9.17, 15) is 19.2 Å². The minimum atomic E-state index is -0.682. The van der Waals surface area contributed by atoms with Gasteiger partial charge in [0.2, 0.25) is 0 Å². The van der Waals surface area contributed by atoms with E-state index in [4.69, 9.17) is 14.2 Å². The molecule has 1 N–H and O–H groups in total. The molecule has 1 aromatic heterocycles. The zero-order valence-corrected chi connectivity index (χ0v) is 17.6. The number of carbonyl (C=O) groups excluding carboxylic acids is 2. The monoisotopic (exact) mass is 427 g/mol. The van der Waals surface area contributed by atoms with Crippen molar-refractivity contribution in [2.24, 2.45) is 14.1 Å². The Morgan fingerprint density at radius 2 is 1.55 bits per heavy atom. The molecule has 162 valence electrons. The van der Waals surface area contributed by atoms with E-state index in [1.165, 1.54) is 70.3 Å². The van der Waals surface area contributed by atoms with Gasteiger partial charge < -0.3 is 19.5 Å². The number of aromatic nitrogens is 2. The first kappa shape index (κ1) is 21.6. The van der Waals surface area contributed by atoms with Crippen LogP contribution in [0.3, 0.4) is 0 Å². The van der Waals surface area contributed by atoms with Crippen molar-refractivity contribution >= 4 is 28.5 Å². The second-order valence-corrected chi connectivity index (χ2v) is 6.64. The molecule has 3 rings (SSSR count). The van der Waals surface area contributed by atoms with Crippen molar-refractivity contribution in [3.8, 4) is 11.5 Å². The molecule has 3 aromatic rings. The third-order valence-corrected chi connectivity index (χ3v) is 4.91. The maximum Gasteiger partial charge on any atom is 0.340 e. The Kier molecular flexibility index (Phi) is 5.82. The largest absolute Gasteiger partial charge is 0.493 e. The van der Waals surface area contributed by atoms with Gasteiger partial charge in [0.05, 0.1) is 43.5 Å². The van der Waals surface area contributed by atoms with Crippen molar-refractivity contribution in [2.75, 3.05) is 26.6 Å². The number of hydrogen-bond donors (Lipinski definition) is 1. The van der Waals surface area contributed by atoms with Crippen LogP contribution >= 0.6 is 0 Å². The van der Waals surface area contributed by atoms with Gasteiger partial charge >= 0.3 is 11.7 Å². The molecule has 0 saturated heterocycles. The molecule has 1 heterocycles. The Morgan fingerprint density at radius 1 is 0.903 bits per heavy atom. The summed E-state index contributed by atoms with van der Waals surface area (Å²) < 4.78 is 17.5. The fraction of sp³-hybridized carbons (Fsp3) is 0.238. The van der Waals surface area contributed by atoms with Gasteiger partial charge in [0.15, 0.2) is 11.5 Å². The summed E-state index contributed by atoms with van der Waals surface area (Å²) in [4.78, 5) is 49.7. The van der Waals surface area contributed by atoms with Crippen LogP contribution in [0.15, 0.2) is 39.9 Å². The first-order chi connectivity index (χ1) is 14.7. The van der Waals surface area contributed by atoms with Crippen LogP contribution in [0.1, 0.15) is 20.7 Å². The van der Waals surface area contributed by atoms with Crippen molar-refractivity contribution in [3.05, 3.63) is 62.3 Å². The highest BCUT2D eigenvalue weighted by atomic mass is 16.5. The number of nitrogens with one attached hydrogen (secondary N) is 1. The minimum Gasteiger partial charge on any atom is -0.493 e. The molecule has 1 amide bonds. The van der Waals surface area contributed by atoms with Gasteiger partial charge in [-0.1, -0.05) is 0 Å². The molecule has 10 heteroatoms. The smallest absolute Gasteiger partial charge is 0.340 e. The molecule has 0 atom stereocenters. The van der Waals surface area contributed by atoms with Crippen molar-refractivity contribution < 1.29 is 23.8 Å². The van der Waals surface area contributed by atoms with Crippen LogP contribution in [0.5, 0.6) is 11.5 Å². The molecule has 0 aliphatic carbocycles. The number of esters is 1. The van der Waals surface area contributed by atoms with E-state index >= 15 is 0 Å². The van der Waals surface area contributed by atoms with E-state index in [-0.39, 0.29) is 28.0 Å². The lowest BCUT2D eigenvalue weighted by Gasteiger charge is -2.15. The zero-order valence-electron chi connectivity index (χ0n) is 17.6. The summed E-state index contributed by atoms with van der Waals surface area (Å²) in [6, 6.07) is 7.22. The standard InChI is InChI=1S/C21H21N3O7/c1-23-15-7-6-11(8-13(15)19(26)24(2)21(23)28)18(25)22-14-10-17(30-4)16(29-3)9-12(14)20(27)31-5/h6-10H,1-5H3,(H,22,25).